The Morgan fingerprint density at radius 3 is 2.65 bits per heavy atom. The molecule has 0 saturated carbocycles. The number of hydrazine groups is 1. The first-order valence-electron chi connectivity index (χ1n) is 23.1. The Balaban J connectivity index is 1.14. The fourth-order valence-electron chi connectivity index (χ4n) is 10.3. The second-order valence-corrected chi connectivity index (χ2v) is 20.3. The zero-order valence-corrected chi connectivity index (χ0v) is 40.0. The van der Waals surface area contributed by atoms with E-state index in [-0.39, 0.29) is 30.9 Å². The number of likely N-dealkylation sites (N-methyl/N-ethyl adjacent to an activating group) is 1. The number of ether oxygens (including phenoxy) is 2. The van der Waals surface area contributed by atoms with E-state index < -0.39 is 46.9 Å². The van der Waals surface area contributed by atoms with Crippen molar-refractivity contribution in [3.63, 3.8) is 0 Å². The van der Waals surface area contributed by atoms with Gasteiger partial charge in [-0.05, 0) is 80.9 Å². The molecule has 4 atom stereocenters. The molecule has 4 aliphatic rings. The smallest absolute Gasteiger partial charge is 0.324 e. The van der Waals surface area contributed by atoms with Crippen molar-refractivity contribution in [2.75, 3.05) is 46.9 Å². The van der Waals surface area contributed by atoms with Crippen LogP contribution in [0.2, 0.25) is 0 Å². The van der Waals surface area contributed by atoms with Crippen molar-refractivity contribution in [3.8, 4) is 22.5 Å². The number of amides is 5. The van der Waals surface area contributed by atoms with Gasteiger partial charge in [-0.3, -0.25) is 29.2 Å². The summed E-state index contributed by atoms with van der Waals surface area (Å²) in [7, 11) is 3.29. The second kappa shape index (κ2) is 18.9. The zero-order valence-electron chi connectivity index (χ0n) is 39.2. The minimum absolute atomic E-state index is 0.0781. The Labute approximate surface area is 390 Å². The lowest BCUT2D eigenvalue weighted by atomic mass is 9.84. The molecule has 17 heteroatoms. The number of carbonyl (C=O) groups is 5. The molecule has 7 heterocycles. The normalized spacial score (nSPS) is 22.5. The van der Waals surface area contributed by atoms with Crippen LogP contribution in [0.4, 0.5) is 4.79 Å². The van der Waals surface area contributed by atoms with Gasteiger partial charge in [0, 0.05) is 92.3 Å². The number of nitrogens with zero attached hydrogens (tertiary/aromatic N) is 7. The number of nitrogens with one attached hydrogen (secondary N) is 2. The zero-order chi connectivity index (χ0) is 47.1. The molecule has 16 nitrogen and oxygen atoms in total. The first-order chi connectivity index (χ1) is 31.6. The topological polar surface area (TPSA) is 172 Å². The molecule has 8 rings (SSSR count). The van der Waals surface area contributed by atoms with Crippen molar-refractivity contribution < 1.29 is 33.4 Å². The maximum Gasteiger partial charge on any atom is 0.324 e. The minimum atomic E-state index is -1.08. The fourth-order valence-corrected chi connectivity index (χ4v) is 11.2. The molecule has 6 bridgehead atoms. The third-order valence-electron chi connectivity index (χ3n) is 13.8. The predicted octanol–water partition coefficient (Wildman–Crippen LogP) is 5.58. The van der Waals surface area contributed by atoms with Crippen LogP contribution < -0.4 is 10.7 Å². The number of aryl methyl sites for hydroxylation is 1. The number of methoxy groups -OCH3 is 1. The molecule has 1 unspecified atom stereocenters. The number of esters is 1. The highest BCUT2D eigenvalue weighted by atomic mass is 32.1. The molecule has 3 aromatic heterocycles. The van der Waals surface area contributed by atoms with Crippen LogP contribution in [0, 0.1) is 11.3 Å². The molecule has 1 spiro atoms. The molecule has 3 fully saturated rings. The highest BCUT2D eigenvalue weighted by Crippen LogP contribution is 2.42. The molecular formula is C49H63N9O7S. The van der Waals surface area contributed by atoms with Crippen LogP contribution in [0.5, 0.6) is 0 Å². The van der Waals surface area contributed by atoms with E-state index in [4.69, 9.17) is 19.4 Å². The van der Waals surface area contributed by atoms with Crippen LogP contribution in [-0.2, 0) is 54.6 Å². The van der Waals surface area contributed by atoms with Gasteiger partial charge < -0.3 is 34.1 Å². The van der Waals surface area contributed by atoms with E-state index in [2.05, 4.69) is 66.9 Å². The number of urea groups is 1. The summed E-state index contributed by atoms with van der Waals surface area (Å²) >= 11 is 1.41. The maximum absolute atomic E-state index is 14.7. The van der Waals surface area contributed by atoms with Gasteiger partial charge in [-0.1, -0.05) is 40.3 Å². The number of hydrogen-bond donors (Lipinski definition) is 2. The van der Waals surface area contributed by atoms with E-state index in [0.29, 0.717) is 70.0 Å². The standard InChI is InChI=1S/C49H63N9O7S/c1-9-41(59)55-21-17-49(28-55)18-22-57(49)47(63)54(7)42(30(3)4)44(60)52-36-24-40-51-38(27-66-40)31-15-16-39-33(23-31)34(43(56(39)10-2)32-13-11-19-50-37(32)26-64-8)25-48(5,6)29-65-46(62)35-14-12-20-58(53-35)45(36)61/h9,11,13,15-16,19,23,27,30,35-36,42,53H,1,10,12,14,17-18,20-22,24-26,28-29H2,2-8H3,(H,52,60)/t35-,36-,42?,49-/m0/s1. The average molecular weight is 922 g/mol. The van der Waals surface area contributed by atoms with Gasteiger partial charge in [-0.25, -0.2) is 15.2 Å². The number of cyclic esters (lactones) is 1. The number of rotatable bonds is 9. The first-order valence-corrected chi connectivity index (χ1v) is 24.0. The van der Waals surface area contributed by atoms with Gasteiger partial charge in [-0.2, -0.15) is 0 Å². The Kier molecular flexibility index (Phi) is 13.4. The predicted molar refractivity (Wildman–Crippen MR) is 252 cm³/mol. The lowest BCUT2D eigenvalue weighted by Crippen LogP contribution is -2.68. The summed E-state index contributed by atoms with van der Waals surface area (Å²) in [5.41, 5.74) is 8.80. The lowest BCUT2D eigenvalue weighted by Gasteiger charge is -2.52. The highest BCUT2D eigenvalue weighted by molar-refractivity contribution is 7.10. The van der Waals surface area contributed by atoms with Crippen molar-refractivity contribution in [2.45, 2.75) is 110 Å². The van der Waals surface area contributed by atoms with Crippen LogP contribution in [0.1, 0.15) is 76.6 Å². The van der Waals surface area contributed by atoms with E-state index in [1.54, 1.807) is 30.2 Å². The summed E-state index contributed by atoms with van der Waals surface area (Å²) < 4.78 is 14.0. The van der Waals surface area contributed by atoms with Crippen molar-refractivity contribution in [1.82, 2.24) is 45.0 Å². The van der Waals surface area contributed by atoms with Gasteiger partial charge in [0.1, 0.15) is 18.1 Å². The molecule has 0 radical (unpaired) electrons. The van der Waals surface area contributed by atoms with Gasteiger partial charge in [0.05, 0.1) is 40.8 Å². The fraction of sp³-hybridized carbons (Fsp3) is 0.531. The molecule has 0 aliphatic carbocycles. The number of benzene rings is 1. The number of pyridine rings is 1. The molecule has 5 amide bonds. The van der Waals surface area contributed by atoms with Gasteiger partial charge in [0.2, 0.25) is 11.8 Å². The summed E-state index contributed by atoms with van der Waals surface area (Å²) in [6.07, 6.45) is 6.15. The number of aromatic nitrogens is 3. The summed E-state index contributed by atoms with van der Waals surface area (Å²) in [6.45, 7) is 16.6. The monoisotopic (exact) mass is 921 g/mol. The van der Waals surface area contributed by atoms with Crippen LogP contribution in [0.25, 0.3) is 33.4 Å². The summed E-state index contributed by atoms with van der Waals surface area (Å²) in [5, 5.41) is 8.14. The minimum Gasteiger partial charge on any atom is -0.464 e. The van der Waals surface area contributed by atoms with Crippen molar-refractivity contribution in [3.05, 3.63) is 70.8 Å². The number of thiazole rings is 1. The lowest BCUT2D eigenvalue weighted by molar-refractivity contribution is -0.155. The SMILES string of the molecule is C=CC(=O)N1CC[C@]2(CCN2C(=O)N(C)C(C(=O)N[C@H]2Cc3nc(cs3)-c3ccc4c(c3)c(c(-c3cccnc3COC)n4CC)CC(C)(C)COC(=O)[C@@H]3CCCN(N3)C2=O)C(C)C)C1. The Bertz CT molecular complexity index is 2530. The van der Waals surface area contributed by atoms with Gasteiger partial charge in [0.25, 0.3) is 5.91 Å². The van der Waals surface area contributed by atoms with Crippen LogP contribution in [-0.4, -0.2) is 135 Å². The summed E-state index contributed by atoms with van der Waals surface area (Å²) in [6, 6.07) is 7.30. The Morgan fingerprint density at radius 1 is 1.15 bits per heavy atom. The van der Waals surface area contributed by atoms with E-state index in [9.17, 15) is 24.0 Å². The van der Waals surface area contributed by atoms with Crippen LogP contribution >= 0.6 is 11.3 Å². The van der Waals surface area contributed by atoms with Gasteiger partial charge in [0.15, 0.2) is 0 Å². The molecule has 4 aliphatic heterocycles. The summed E-state index contributed by atoms with van der Waals surface area (Å²) in [4.78, 5) is 84.6. The van der Waals surface area contributed by atoms with E-state index in [0.717, 1.165) is 51.1 Å². The highest BCUT2D eigenvalue weighted by Gasteiger charge is 2.53. The van der Waals surface area contributed by atoms with Crippen molar-refractivity contribution >= 4 is 52.0 Å². The molecule has 352 valence electrons. The van der Waals surface area contributed by atoms with Crippen molar-refractivity contribution in [1.29, 1.82) is 0 Å². The Morgan fingerprint density at radius 2 is 1.94 bits per heavy atom. The van der Waals surface area contributed by atoms with Crippen LogP contribution in [0.15, 0.2) is 54.6 Å². The largest absolute Gasteiger partial charge is 0.464 e. The van der Waals surface area contributed by atoms with Crippen molar-refractivity contribution in [2.24, 2.45) is 11.3 Å². The van der Waals surface area contributed by atoms with Gasteiger partial charge in [-0.15, -0.1) is 11.3 Å². The third kappa shape index (κ3) is 8.96. The number of carbonyl (C=O) groups excluding carboxylic acids is 5. The molecular weight excluding hydrogens is 859 g/mol. The molecule has 3 saturated heterocycles. The van der Waals surface area contributed by atoms with E-state index >= 15 is 0 Å². The maximum atomic E-state index is 14.7. The quantitative estimate of drug-likeness (QED) is 0.160. The number of hydrogen-bond acceptors (Lipinski definition) is 11. The molecule has 1 aromatic carbocycles. The average Bonchev–Trinajstić information content (AvgIpc) is 4.04. The molecule has 2 N–H and O–H groups in total. The number of likely N-dealkylation sites (tertiary alicyclic amines) is 2. The molecule has 66 heavy (non-hydrogen) atoms. The van der Waals surface area contributed by atoms with Gasteiger partial charge >= 0.3 is 12.0 Å². The van der Waals surface area contributed by atoms with Crippen LogP contribution in [0.3, 0.4) is 0 Å². The third-order valence-corrected chi connectivity index (χ3v) is 14.7. The number of fused-ring (bicyclic) bond motifs is 6. The summed E-state index contributed by atoms with van der Waals surface area (Å²) in [5.74, 6) is -1.83. The second-order valence-electron chi connectivity index (χ2n) is 19.3. The first kappa shape index (κ1) is 46.9. The van der Waals surface area contributed by atoms with E-state index in [1.165, 1.54) is 27.3 Å². The van der Waals surface area contributed by atoms with E-state index in [1.807, 2.05) is 25.3 Å². The molecule has 4 aromatic rings. The Hall–Kier alpha value is -5.65.